The first kappa shape index (κ1) is 13.0. The summed E-state index contributed by atoms with van der Waals surface area (Å²) >= 11 is 0. The summed E-state index contributed by atoms with van der Waals surface area (Å²) in [6.07, 6.45) is 3.12. The van der Waals surface area contributed by atoms with Gasteiger partial charge in [-0.15, -0.1) is 0 Å². The van der Waals surface area contributed by atoms with Crippen LogP contribution in [0.1, 0.15) is 17.5 Å². The van der Waals surface area contributed by atoms with Crippen LogP contribution in [0.15, 0.2) is 42.6 Å². The number of para-hydroxylation sites is 1. The number of pyridine rings is 1. The van der Waals surface area contributed by atoms with Crippen molar-refractivity contribution in [3.63, 3.8) is 0 Å². The van der Waals surface area contributed by atoms with E-state index in [4.69, 9.17) is 4.74 Å². The van der Waals surface area contributed by atoms with E-state index in [0.29, 0.717) is 0 Å². The Hall–Kier alpha value is -2.03. The van der Waals surface area contributed by atoms with E-state index in [1.165, 1.54) is 11.3 Å². The van der Waals surface area contributed by atoms with Gasteiger partial charge in [-0.1, -0.05) is 24.3 Å². The van der Waals surface area contributed by atoms with E-state index in [1.807, 2.05) is 25.3 Å². The second-order valence-corrected chi connectivity index (χ2v) is 5.43. The van der Waals surface area contributed by atoms with Gasteiger partial charge in [-0.05, 0) is 31.0 Å². The zero-order chi connectivity index (χ0) is 13.9. The van der Waals surface area contributed by atoms with Crippen LogP contribution in [0, 0.1) is 13.8 Å². The minimum Gasteiger partial charge on any atom is -0.472 e. The number of aromatic nitrogens is 1. The molecular weight excluding hydrogens is 248 g/mol. The molecule has 3 nitrogen and oxygen atoms in total. The zero-order valence-electron chi connectivity index (χ0n) is 12.0. The van der Waals surface area contributed by atoms with Gasteiger partial charge >= 0.3 is 0 Å². The van der Waals surface area contributed by atoms with Crippen molar-refractivity contribution in [3.8, 4) is 5.88 Å². The molecule has 20 heavy (non-hydrogen) atoms. The Morgan fingerprint density at radius 2 is 2.00 bits per heavy atom. The predicted octanol–water partition coefficient (Wildman–Crippen LogP) is 3.36. The monoisotopic (exact) mass is 268 g/mol. The normalized spacial score (nSPS) is 18.3. The van der Waals surface area contributed by atoms with Gasteiger partial charge in [0, 0.05) is 30.9 Å². The number of rotatable bonds is 3. The second kappa shape index (κ2) is 5.53. The maximum absolute atomic E-state index is 5.97. The SMILES string of the molecule is Cc1ccc(O[C@@H]2CCN(c3ccccc3C)C2)nc1. The van der Waals surface area contributed by atoms with Crippen molar-refractivity contribution in [2.75, 3.05) is 18.0 Å². The Morgan fingerprint density at radius 3 is 2.75 bits per heavy atom. The third-order valence-corrected chi connectivity index (χ3v) is 3.77. The zero-order valence-corrected chi connectivity index (χ0v) is 12.0. The van der Waals surface area contributed by atoms with Crippen molar-refractivity contribution in [2.45, 2.75) is 26.4 Å². The van der Waals surface area contributed by atoms with E-state index in [2.05, 4.69) is 41.1 Å². The lowest BCUT2D eigenvalue weighted by molar-refractivity contribution is 0.216. The summed E-state index contributed by atoms with van der Waals surface area (Å²) in [6.45, 7) is 6.17. The molecule has 0 radical (unpaired) electrons. The van der Waals surface area contributed by atoms with Crippen LogP contribution in [0.5, 0.6) is 5.88 Å². The molecule has 1 atom stereocenters. The van der Waals surface area contributed by atoms with E-state index in [1.54, 1.807) is 0 Å². The van der Waals surface area contributed by atoms with Gasteiger partial charge in [-0.25, -0.2) is 4.98 Å². The third kappa shape index (κ3) is 2.77. The van der Waals surface area contributed by atoms with Crippen LogP contribution in [-0.2, 0) is 0 Å². The van der Waals surface area contributed by atoms with Crippen molar-refractivity contribution >= 4 is 5.69 Å². The molecule has 1 aliphatic rings. The molecule has 3 heteroatoms. The Balaban J connectivity index is 1.65. The molecule has 0 N–H and O–H groups in total. The van der Waals surface area contributed by atoms with Crippen molar-refractivity contribution < 1.29 is 4.74 Å². The Kier molecular flexibility index (Phi) is 3.59. The summed E-state index contributed by atoms with van der Waals surface area (Å²) < 4.78 is 5.97. The first-order valence-electron chi connectivity index (χ1n) is 7.12. The number of benzene rings is 1. The van der Waals surface area contributed by atoms with Crippen molar-refractivity contribution in [1.82, 2.24) is 4.98 Å². The topological polar surface area (TPSA) is 25.4 Å². The minimum atomic E-state index is 0.227. The molecular formula is C17H20N2O. The van der Waals surface area contributed by atoms with Crippen LogP contribution in [0.4, 0.5) is 5.69 Å². The van der Waals surface area contributed by atoms with Crippen molar-refractivity contribution in [2.24, 2.45) is 0 Å². The first-order valence-corrected chi connectivity index (χ1v) is 7.12. The highest BCUT2D eigenvalue weighted by atomic mass is 16.5. The molecule has 0 spiro atoms. The molecule has 2 aromatic rings. The summed E-state index contributed by atoms with van der Waals surface area (Å²) in [5, 5.41) is 0. The van der Waals surface area contributed by atoms with Gasteiger partial charge in [0.1, 0.15) is 6.10 Å². The lowest BCUT2D eigenvalue weighted by Gasteiger charge is -2.20. The van der Waals surface area contributed by atoms with Crippen LogP contribution in [0.25, 0.3) is 0 Å². The van der Waals surface area contributed by atoms with Crippen molar-refractivity contribution in [3.05, 3.63) is 53.7 Å². The molecule has 2 heterocycles. The van der Waals surface area contributed by atoms with E-state index in [-0.39, 0.29) is 6.10 Å². The van der Waals surface area contributed by atoms with Crippen LogP contribution >= 0.6 is 0 Å². The highest BCUT2D eigenvalue weighted by molar-refractivity contribution is 5.53. The summed E-state index contributed by atoms with van der Waals surface area (Å²) in [6, 6.07) is 12.5. The Morgan fingerprint density at radius 1 is 1.15 bits per heavy atom. The minimum absolute atomic E-state index is 0.227. The fourth-order valence-corrected chi connectivity index (χ4v) is 2.66. The molecule has 1 aromatic carbocycles. The molecule has 0 amide bonds. The predicted molar refractivity (Wildman–Crippen MR) is 81.4 cm³/mol. The van der Waals surface area contributed by atoms with Gasteiger partial charge in [0.05, 0.1) is 6.54 Å². The van der Waals surface area contributed by atoms with E-state index >= 15 is 0 Å². The number of hydrogen-bond donors (Lipinski definition) is 0. The maximum atomic E-state index is 5.97. The first-order chi connectivity index (χ1) is 9.72. The standard InChI is InChI=1S/C17H20N2O/c1-13-7-8-17(18-11-13)20-15-9-10-19(12-15)16-6-4-3-5-14(16)2/h3-8,11,15H,9-10,12H2,1-2H3/t15-/m1/s1. The molecule has 104 valence electrons. The molecule has 1 aliphatic heterocycles. The second-order valence-electron chi connectivity index (χ2n) is 5.43. The Bertz CT molecular complexity index is 580. The lowest BCUT2D eigenvalue weighted by Crippen LogP contribution is -2.25. The van der Waals surface area contributed by atoms with Crippen LogP contribution in [0.3, 0.4) is 0 Å². The molecule has 0 bridgehead atoms. The smallest absolute Gasteiger partial charge is 0.213 e. The number of anilines is 1. The highest BCUT2D eigenvalue weighted by Crippen LogP contribution is 2.25. The van der Waals surface area contributed by atoms with Gasteiger partial charge in [0.25, 0.3) is 0 Å². The maximum Gasteiger partial charge on any atom is 0.213 e. The molecule has 1 fully saturated rings. The number of aryl methyl sites for hydroxylation is 2. The average molecular weight is 268 g/mol. The number of ether oxygens (including phenoxy) is 1. The van der Waals surface area contributed by atoms with Crippen LogP contribution in [-0.4, -0.2) is 24.2 Å². The average Bonchev–Trinajstić information content (AvgIpc) is 2.90. The molecule has 1 saturated heterocycles. The summed E-state index contributed by atoms with van der Waals surface area (Å²) in [5.41, 5.74) is 3.79. The molecule has 0 aliphatic carbocycles. The van der Waals surface area contributed by atoms with E-state index in [9.17, 15) is 0 Å². The van der Waals surface area contributed by atoms with E-state index in [0.717, 1.165) is 31.0 Å². The fourth-order valence-electron chi connectivity index (χ4n) is 2.66. The van der Waals surface area contributed by atoms with Gasteiger partial charge in [0.15, 0.2) is 0 Å². The van der Waals surface area contributed by atoms with Gasteiger partial charge in [-0.2, -0.15) is 0 Å². The molecule has 0 unspecified atom stereocenters. The number of nitrogens with zero attached hydrogens (tertiary/aromatic N) is 2. The molecule has 1 aromatic heterocycles. The lowest BCUT2D eigenvalue weighted by atomic mass is 10.2. The van der Waals surface area contributed by atoms with E-state index < -0.39 is 0 Å². The van der Waals surface area contributed by atoms with Crippen LogP contribution < -0.4 is 9.64 Å². The fraction of sp³-hybridized carbons (Fsp3) is 0.353. The summed E-state index contributed by atoms with van der Waals surface area (Å²) in [5.74, 6) is 0.729. The number of hydrogen-bond acceptors (Lipinski definition) is 3. The van der Waals surface area contributed by atoms with Gasteiger partial charge in [0.2, 0.25) is 5.88 Å². The highest BCUT2D eigenvalue weighted by Gasteiger charge is 2.25. The van der Waals surface area contributed by atoms with Gasteiger partial charge in [-0.3, -0.25) is 0 Å². The summed E-state index contributed by atoms with van der Waals surface area (Å²) in [7, 11) is 0. The largest absolute Gasteiger partial charge is 0.472 e. The van der Waals surface area contributed by atoms with Crippen LogP contribution in [0.2, 0.25) is 0 Å². The summed E-state index contributed by atoms with van der Waals surface area (Å²) in [4.78, 5) is 6.71. The van der Waals surface area contributed by atoms with Gasteiger partial charge < -0.3 is 9.64 Å². The quantitative estimate of drug-likeness (QED) is 0.853. The van der Waals surface area contributed by atoms with Crippen molar-refractivity contribution in [1.29, 1.82) is 0 Å². The third-order valence-electron chi connectivity index (χ3n) is 3.77. The molecule has 0 saturated carbocycles. The molecule has 3 rings (SSSR count). The Labute approximate surface area is 120 Å².